The van der Waals surface area contributed by atoms with E-state index in [1.165, 1.54) is 0 Å². The third-order valence-electron chi connectivity index (χ3n) is 3.83. The van der Waals surface area contributed by atoms with Crippen LogP contribution < -0.4 is 16.6 Å². The minimum Gasteiger partial charge on any atom is -0.365 e. The fourth-order valence-electron chi connectivity index (χ4n) is 2.69. The van der Waals surface area contributed by atoms with Crippen LogP contribution in [0.15, 0.2) is 17.1 Å². The molecule has 0 aliphatic heterocycles. The smallest absolute Gasteiger partial charge is 0.286 e. The minimum absolute atomic E-state index is 0.0567. The van der Waals surface area contributed by atoms with Crippen LogP contribution >= 0.6 is 0 Å². The summed E-state index contributed by atoms with van der Waals surface area (Å²) in [6, 6.07) is 0.876. The van der Waals surface area contributed by atoms with E-state index >= 15 is 0 Å². The van der Waals surface area contributed by atoms with Crippen LogP contribution in [0.4, 0.5) is 5.69 Å². The van der Waals surface area contributed by atoms with Crippen LogP contribution in [0.2, 0.25) is 0 Å². The predicted octanol–water partition coefficient (Wildman–Crippen LogP) is 0.304. The lowest BCUT2D eigenvalue weighted by Crippen LogP contribution is -2.40. The standard InChI is InChI=1S/C14H18N4O5/c15-13(20)11-6-10(18(22)23)7-17(14(11)21)8-12(19)16-9-4-2-1-3-5-9/h6-7,9H,1-5,8H2,(H2,15,20)(H,16,19). The molecule has 23 heavy (non-hydrogen) atoms. The second-order valence-electron chi connectivity index (χ2n) is 5.57. The fourth-order valence-corrected chi connectivity index (χ4v) is 2.69. The number of nitrogens with two attached hydrogens (primary N) is 1. The molecule has 1 fully saturated rings. The summed E-state index contributed by atoms with van der Waals surface area (Å²) < 4.78 is 0.844. The van der Waals surface area contributed by atoms with Gasteiger partial charge in [0, 0.05) is 12.1 Å². The van der Waals surface area contributed by atoms with Gasteiger partial charge in [-0.3, -0.25) is 29.1 Å². The van der Waals surface area contributed by atoms with E-state index in [0.717, 1.165) is 48.9 Å². The van der Waals surface area contributed by atoms with Crippen molar-refractivity contribution in [2.75, 3.05) is 0 Å². The van der Waals surface area contributed by atoms with Gasteiger partial charge in [-0.15, -0.1) is 0 Å². The second kappa shape index (κ2) is 7.03. The SMILES string of the molecule is NC(=O)c1cc([N+](=O)[O-])cn(CC(=O)NC2CCCCC2)c1=O. The van der Waals surface area contributed by atoms with Gasteiger partial charge in [-0.2, -0.15) is 0 Å². The van der Waals surface area contributed by atoms with Crippen LogP contribution in [0.5, 0.6) is 0 Å². The number of nitro groups is 1. The maximum Gasteiger partial charge on any atom is 0.286 e. The van der Waals surface area contributed by atoms with Crippen molar-refractivity contribution in [1.29, 1.82) is 0 Å². The van der Waals surface area contributed by atoms with Crippen LogP contribution in [0.1, 0.15) is 42.5 Å². The van der Waals surface area contributed by atoms with Crippen LogP contribution in [-0.2, 0) is 11.3 Å². The Balaban J connectivity index is 2.20. The van der Waals surface area contributed by atoms with E-state index in [0.29, 0.717) is 0 Å². The highest BCUT2D eigenvalue weighted by atomic mass is 16.6. The summed E-state index contributed by atoms with van der Waals surface area (Å²) in [7, 11) is 0. The summed E-state index contributed by atoms with van der Waals surface area (Å²) in [6.07, 6.45) is 5.90. The lowest BCUT2D eigenvalue weighted by molar-refractivity contribution is -0.385. The zero-order chi connectivity index (χ0) is 17.0. The van der Waals surface area contributed by atoms with Crippen molar-refractivity contribution >= 4 is 17.5 Å². The highest BCUT2D eigenvalue weighted by Crippen LogP contribution is 2.17. The van der Waals surface area contributed by atoms with Crippen molar-refractivity contribution in [3.8, 4) is 0 Å². The van der Waals surface area contributed by atoms with E-state index in [9.17, 15) is 24.5 Å². The number of pyridine rings is 1. The number of carbonyl (C=O) groups is 2. The maximum atomic E-state index is 12.1. The first kappa shape index (κ1) is 16.7. The Hall–Kier alpha value is -2.71. The first-order valence-electron chi connectivity index (χ1n) is 7.36. The first-order chi connectivity index (χ1) is 10.9. The second-order valence-corrected chi connectivity index (χ2v) is 5.57. The van der Waals surface area contributed by atoms with E-state index in [1.807, 2.05) is 0 Å². The molecular formula is C14H18N4O5. The van der Waals surface area contributed by atoms with Crippen LogP contribution in [0, 0.1) is 10.1 Å². The van der Waals surface area contributed by atoms with Crippen molar-refractivity contribution in [2.24, 2.45) is 5.73 Å². The highest BCUT2D eigenvalue weighted by Gasteiger charge is 2.20. The van der Waals surface area contributed by atoms with E-state index in [2.05, 4.69) is 5.32 Å². The summed E-state index contributed by atoms with van der Waals surface area (Å²) in [5.74, 6) is -1.49. The molecular weight excluding hydrogens is 304 g/mol. The Morgan fingerprint density at radius 3 is 2.57 bits per heavy atom. The summed E-state index contributed by atoms with van der Waals surface area (Å²) >= 11 is 0. The average molecular weight is 322 g/mol. The van der Waals surface area contributed by atoms with E-state index in [4.69, 9.17) is 5.73 Å². The minimum atomic E-state index is -1.07. The molecule has 3 N–H and O–H groups in total. The van der Waals surface area contributed by atoms with Gasteiger partial charge in [0.2, 0.25) is 5.91 Å². The molecule has 0 bridgehead atoms. The molecule has 9 nitrogen and oxygen atoms in total. The molecule has 1 saturated carbocycles. The number of rotatable bonds is 5. The maximum absolute atomic E-state index is 12.1. The number of hydrogen-bond acceptors (Lipinski definition) is 5. The molecule has 1 aliphatic carbocycles. The first-order valence-corrected chi connectivity index (χ1v) is 7.36. The molecule has 0 unspecified atom stereocenters. The predicted molar refractivity (Wildman–Crippen MR) is 80.9 cm³/mol. The zero-order valence-electron chi connectivity index (χ0n) is 12.5. The normalized spacial score (nSPS) is 15.1. The van der Waals surface area contributed by atoms with E-state index in [1.54, 1.807) is 0 Å². The van der Waals surface area contributed by atoms with Crippen LogP contribution in [-0.4, -0.2) is 27.3 Å². The lowest BCUT2D eigenvalue weighted by Gasteiger charge is -2.22. The van der Waals surface area contributed by atoms with Crippen molar-refractivity contribution in [3.05, 3.63) is 38.3 Å². The lowest BCUT2D eigenvalue weighted by atomic mass is 9.95. The van der Waals surface area contributed by atoms with Gasteiger partial charge in [-0.1, -0.05) is 19.3 Å². The molecule has 0 atom stereocenters. The molecule has 2 amide bonds. The van der Waals surface area contributed by atoms with E-state index < -0.39 is 40.1 Å². The summed E-state index contributed by atoms with van der Waals surface area (Å²) in [5.41, 5.74) is 3.26. The van der Waals surface area contributed by atoms with Crippen molar-refractivity contribution in [1.82, 2.24) is 9.88 Å². The van der Waals surface area contributed by atoms with E-state index in [-0.39, 0.29) is 6.04 Å². The van der Waals surface area contributed by atoms with Crippen LogP contribution in [0.25, 0.3) is 0 Å². The third kappa shape index (κ3) is 4.15. The quantitative estimate of drug-likeness (QED) is 0.593. The van der Waals surface area contributed by atoms with Crippen molar-refractivity contribution < 1.29 is 14.5 Å². The number of hydrogen-bond donors (Lipinski definition) is 2. The Bertz CT molecular complexity index is 691. The Morgan fingerprint density at radius 1 is 1.35 bits per heavy atom. The number of aromatic nitrogens is 1. The fraction of sp³-hybridized carbons (Fsp3) is 0.500. The number of nitrogens with zero attached hydrogens (tertiary/aromatic N) is 2. The summed E-state index contributed by atoms with van der Waals surface area (Å²) in [4.78, 5) is 45.5. The number of primary amides is 1. The molecule has 1 aromatic rings. The molecule has 1 aromatic heterocycles. The van der Waals surface area contributed by atoms with Gasteiger partial charge in [0.15, 0.2) is 0 Å². The van der Waals surface area contributed by atoms with Gasteiger partial charge in [-0.25, -0.2) is 0 Å². The Kier molecular flexibility index (Phi) is 5.09. The summed E-state index contributed by atoms with van der Waals surface area (Å²) in [5, 5.41) is 13.7. The van der Waals surface area contributed by atoms with Gasteiger partial charge in [0.05, 0.1) is 11.1 Å². The van der Waals surface area contributed by atoms with Crippen LogP contribution in [0.3, 0.4) is 0 Å². The van der Waals surface area contributed by atoms with Gasteiger partial charge in [-0.05, 0) is 12.8 Å². The number of amides is 2. The molecule has 1 heterocycles. The van der Waals surface area contributed by atoms with Gasteiger partial charge in [0.1, 0.15) is 12.1 Å². The topological polar surface area (TPSA) is 137 Å². The van der Waals surface area contributed by atoms with Gasteiger partial charge >= 0.3 is 0 Å². The molecule has 0 aromatic carbocycles. The molecule has 0 spiro atoms. The Morgan fingerprint density at radius 2 is 2.00 bits per heavy atom. The van der Waals surface area contributed by atoms with Crippen molar-refractivity contribution in [3.63, 3.8) is 0 Å². The van der Waals surface area contributed by atoms with Crippen molar-refractivity contribution in [2.45, 2.75) is 44.7 Å². The molecule has 1 aliphatic rings. The van der Waals surface area contributed by atoms with Gasteiger partial charge < -0.3 is 11.1 Å². The molecule has 124 valence electrons. The molecule has 2 rings (SSSR count). The molecule has 0 saturated heterocycles. The number of carbonyl (C=O) groups excluding carboxylic acids is 2. The number of nitrogens with one attached hydrogen (secondary N) is 1. The third-order valence-corrected chi connectivity index (χ3v) is 3.83. The van der Waals surface area contributed by atoms with Gasteiger partial charge in [0.25, 0.3) is 17.2 Å². The monoisotopic (exact) mass is 322 g/mol. The summed E-state index contributed by atoms with van der Waals surface area (Å²) in [6.45, 7) is -0.392. The highest BCUT2D eigenvalue weighted by molar-refractivity contribution is 5.93. The molecule has 0 radical (unpaired) electrons. The largest absolute Gasteiger partial charge is 0.365 e. The average Bonchev–Trinajstić information content (AvgIpc) is 2.49. The Labute approximate surface area is 131 Å². The zero-order valence-corrected chi connectivity index (χ0v) is 12.5. The molecule has 9 heteroatoms.